The summed E-state index contributed by atoms with van der Waals surface area (Å²) >= 11 is 5.48. The Labute approximate surface area is 91.2 Å². The SMILES string of the molecule is COCCCn1nnc(CCl)c1C(F)F. The predicted molar refractivity (Wildman–Crippen MR) is 51.0 cm³/mol. The highest BCUT2D eigenvalue weighted by atomic mass is 35.5. The van der Waals surface area contributed by atoms with Crippen LogP contribution in [-0.2, 0) is 17.2 Å². The Morgan fingerprint density at radius 1 is 1.53 bits per heavy atom. The Morgan fingerprint density at radius 2 is 2.27 bits per heavy atom. The lowest BCUT2D eigenvalue weighted by Crippen LogP contribution is -2.08. The molecule has 1 aromatic heterocycles. The van der Waals surface area contributed by atoms with Gasteiger partial charge in [0.15, 0.2) is 0 Å². The van der Waals surface area contributed by atoms with Gasteiger partial charge >= 0.3 is 0 Å². The maximum absolute atomic E-state index is 12.6. The minimum atomic E-state index is -2.60. The third-order valence-corrected chi connectivity index (χ3v) is 2.15. The molecule has 1 rings (SSSR count). The fourth-order valence-corrected chi connectivity index (χ4v) is 1.40. The van der Waals surface area contributed by atoms with Crippen LogP contribution in [0.2, 0.25) is 0 Å². The van der Waals surface area contributed by atoms with Crippen molar-refractivity contribution in [3.05, 3.63) is 11.4 Å². The number of aromatic nitrogens is 3. The van der Waals surface area contributed by atoms with Crippen molar-refractivity contribution < 1.29 is 13.5 Å². The zero-order chi connectivity index (χ0) is 11.3. The zero-order valence-corrected chi connectivity index (χ0v) is 9.05. The van der Waals surface area contributed by atoms with E-state index in [4.69, 9.17) is 16.3 Å². The number of rotatable bonds is 6. The van der Waals surface area contributed by atoms with E-state index in [1.807, 2.05) is 0 Å². The molecule has 0 radical (unpaired) electrons. The number of aryl methyl sites for hydroxylation is 1. The summed E-state index contributed by atoms with van der Waals surface area (Å²) in [7, 11) is 1.56. The number of nitrogens with zero attached hydrogens (tertiary/aromatic N) is 3. The number of alkyl halides is 3. The van der Waals surface area contributed by atoms with Gasteiger partial charge in [0.2, 0.25) is 0 Å². The van der Waals surface area contributed by atoms with Crippen LogP contribution in [-0.4, -0.2) is 28.7 Å². The highest BCUT2D eigenvalue weighted by Gasteiger charge is 2.20. The largest absolute Gasteiger partial charge is 0.385 e. The van der Waals surface area contributed by atoms with E-state index in [-0.39, 0.29) is 17.3 Å². The molecule has 4 nitrogen and oxygen atoms in total. The lowest BCUT2D eigenvalue weighted by atomic mass is 10.3. The topological polar surface area (TPSA) is 39.9 Å². The molecule has 0 fully saturated rings. The van der Waals surface area contributed by atoms with Gasteiger partial charge in [-0.25, -0.2) is 13.5 Å². The van der Waals surface area contributed by atoms with Crippen LogP contribution in [0.5, 0.6) is 0 Å². The van der Waals surface area contributed by atoms with Gasteiger partial charge in [-0.2, -0.15) is 0 Å². The van der Waals surface area contributed by atoms with Gasteiger partial charge in [-0.3, -0.25) is 0 Å². The standard InChI is InChI=1S/C8H12ClF2N3O/c1-15-4-2-3-14-7(8(10)11)6(5-9)12-13-14/h8H,2-5H2,1H3. The molecular formula is C8H12ClF2N3O. The summed E-state index contributed by atoms with van der Waals surface area (Å²) in [4.78, 5) is 0. The van der Waals surface area contributed by atoms with E-state index in [1.165, 1.54) is 4.68 Å². The molecule has 0 saturated carbocycles. The molecular weight excluding hydrogens is 228 g/mol. The zero-order valence-electron chi connectivity index (χ0n) is 8.29. The van der Waals surface area contributed by atoms with Gasteiger partial charge < -0.3 is 4.74 Å². The van der Waals surface area contributed by atoms with Gasteiger partial charge in [-0.15, -0.1) is 16.7 Å². The van der Waals surface area contributed by atoms with Gasteiger partial charge in [0, 0.05) is 20.3 Å². The van der Waals surface area contributed by atoms with Crippen LogP contribution in [0.25, 0.3) is 0 Å². The van der Waals surface area contributed by atoms with E-state index < -0.39 is 6.43 Å². The van der Waals surface area contributed by atoms with Crippen molar-refractivity contribution in [2.75, 3.05) is 13.7 Å². The summed E-state index contributed by atoms with van der Waals surface area (Å²) < 4.78 is 31.3. The first-order valence-electron chi connectivity index (χ1n) is 4.46. The van der Waals surface area contributed by atoms with E-state index in [9.17, 15) is 8.78 Å². The number of hydrogen-bond acceptors (Lipinski definition) is 3. The molecule has 0 bridgehead atoms. The minimum absolute atomic E-state index is 0.0516. The van der Waals surface area contributed by atoms with E-state index in [2.05, 4.69) is 10.3 Å². The van der Waals surface area contributed by atoms with Crippen molar-refractivity contribution in [3.8, 4) is 0 Å². The monoisotopic (exact) mass is 239 g/mol. The quantitative estimate of drug-likeness (QED) is 0.563. The molecule has 0 atom stereocenters. The van der Waals surface area contributed by atoms with Crippen molar-refractivity contribution >= 4 is 11.6 Å². The molecule has 86 valence electrons. The van der Waals surface area contributed by atoms with Crippen molar-refractivity contribution in [2.24, 2.45) is 0 Å². The maximum Gasteiger partial charge on any atom is 0.281 e. The van der Waals surface area contributed by atoms with E-state index in [0.29, 0.717) is 19.6 Å². The number of halogens is 3. The summed E-state index contributed by atoms with van der Waals surface area (Å²) in [6, 6.07) is 0. The highest BCUT2D eigenvalue weighted by molar-refractivity contribution is 6.16. The molecule has 7 heteroatoms. The summed E-state index contributed by atoms with van der Waals surface area (Å²) in [6.45, 7) is 0.857. The molecule has 0 aliphatic rings. The fraction of sp³-hybridized carbons (Fsp3) is 0.750. The van der Waals surface area contributed by atoms with E-state index in [1.54, 1.807) is 7.11 Å². The average molecular weight is 240 g/mol. The van der Waals surface area contributed by atoms with Crippen molar-refractivity contribution in [2.45, 2.75) is 25.3 Å². The fourth-order valence-electron chi connectivity index (χ4n) is 1.21. The van der Waals surface area contributed by atoms with Crippen LogP contribution in [0, 0.1) is 0 Å². The van der Waals surface area contributed by atoms with Gasteiger partial charge in [-0.1, -0.05) is 5.21 Å². The molecule has 0 amide bonds. The van der Waals surface area contributed by atoms with E-state index >= 15 is 0 Å². The number of methoxy groups -OCH3 is 1. The molecule has 0 aliphatic carbocycles. The smallest absolute Gasteiger partial charge is 0.281 e. The molecule has 0 aliphatic heterocycles. The molecule has 1 aromatic rings. The number of ether oxygens (including phenoxy) is 1. The summed E-state index contributed by atoms with van der Waals surface area (Å²) in [6.07, 6.45) is -1.99. The minimum Gasteiger partial charge on any atom is -0.385 e. The summed E-state index contributed by atoms with van der Waals surface area (Å²) in [5, 5.41) is 7.22. The van der Waals surface area contributed by atoms with Crippen LogP contribution in [0.3, 0.4) is 0 Å². The average Bonchev–Trinajstić information content (AvgIpc) is 2.61. The number of hydrogen-bond donors (Lipinski definition) is 0. The molecule has 1 heterocycles. The normalized spacial score (nSPS) is 11.3. The molecule has 0 aromatic carbocycles. The second kappa shape index (κ2) is 5.97. The van der Waals surface area contributed by atoms with Crippen LogP contribution in [0.1, 0.15) is 24.2 Å². The van der Waals surface area contributed by atoms with E-state index in [0.717, 1.165) is 0 Å². The predicted octanol–water partition coefficient (Wildman–Crippen LogP) is 1.99. The lowest BCUT2D eigenvalue weighted by molar-refractivity contribution is 0.135. The Kier molecular flexibility index (Phi) is 4.90. The van der Waals surface area contributed by atoms with Crippen LogP contribution in [0.4, 0.5) is 8.78 Å². The third-order valence-electron chi connectivity index (χ3n) is 1.90. The Morgan fingerprint density at radius 3 is 2.80 bits per heavy atom. The molecule has 0 unspecified atom stereocenters. The van der Waals surface area contributed by atoms with Gasteiger partial charge in [0.1, 0.15) is 11.4 Å². The summed E-state index contributed by atoms with van der Waals surface area (Å²) in [5.41, 5.74) is -0.0508. The molecule has 0 saturated heterocycles. The maximum atomic E-state index is 12.6. The van der Waals surface area contributed by atoms with Crippen molar-refractivity contribution in [3.63, 3.8) is 0 Å². The Bertz CT molecular complexity index is 306. The molecule has 0 spiro atoms. The van der Waals surface area contributed by atoms with Crippen LogP contribution in [0.15, 0.2) is 0 Å². The van der Waals surface area contributed by atoms with Crippen LogP contribution < -0.4 is 0 Å². The Hall–Kier alpha value is -0.750. The second-order valence-electron chi connectivity index (χ2n) is 2.93. The first-order valence-corrected chi connectivity index (χ1v) is 4.99. The Balaban J connectivity index is 2.73. The first-order chi connectivity index (χ1) is 7.20. The van der Waals surface area contributed by atoms with Crippen LogP contribution >= 0.6 is 11.6 Å². The van der Waals surface area contributed by atoms with Crippen molar-refractivity contribution in [1.82, 2.24) is 15.0 Å². The van der Waals surface area contributed by atoms with Gasteiger partial charge in [-0.05, 0) is 6.42 Å². The summed E-state index contributed by atoms with van der Waals surface area (Å²) in [5.74, 6) is -0.0516. The lowest BCUT2D eigenvalue weighted by Gasteiger charge is -2.05. The van der Waals surface area contributed by atoms with Gasteiger partial charge in [0.05, 0.1) is 5.88 Å². The third kappa shape index (κ3) is 3.10. The first kappa shape index (κ1) is 12.3. The van der Waals surface area contributed by atoms with Crippen molar-refractivity contribution in [1.29, 1.82) is 0 Å². The molecule has 0 N–H and O–H groups in total. The highest BCUT2D eigenvalue weighted by Crippen LogP contribution is 2.22. The van der Waals surface area contributed by atoms with Gasteiger partial charge in [0.25, 0.3) is 6.43 Å². The molecule has 15 heavy (non-hydrogen) atoms. The second-order valence-corrected chi connectivity index (χ2v) is 3.19.